The molecule has 0 aliphatic rings. The second kappa shape index (κ2) is 8.45. The normalized spacial score (nSPS) is 11.1. The van der Waals surface area contributed by atoms with Crippen molar-refractivity contribution in [1.82, 2.24) is 10.3 Å². The summed E-state index contributed by atoms with van der Waals surface area (Å²) in [6.45, 7) is 5.02. The predicted octanol–water partition coefficient (Wildman–Crippen LogP) is 2.80. The molecule has 1 heterocycles. The van der Waals surface area contributed by atoms with Gasteiger partial charge in [-0.15, -0.1) is 0 Å². The van der Waals surface area contributed by atoms with Crippen molar-refractivity contribution >= 4 is 5.91 Å². The molecule has 0 bridgehead atoms. The van der Waals surface area contributed by atoms with Crippen molar-refractivity contribution in [2.45, 2.75) is 26.9 Å². The number of aromatic nitrogens is 1. The second-order valence-electron chi connectivity index (χ2n) is 6.48. The zero-order valence-corrected chi connectivity index (χ0v) is 14.2. The van der Waals surface area contributed by atoms with Crippen molar-refractivity contribution in [3.8, 4) is 5.88 Å². The van der Waals surface area contributed by atoms with Gasteiger partial charge in [0, 0.05) is 31.0 Å². The minimum atomic E-state index is -0.173. The topological polar surface area (TPSA) is 71.5 Å². The molecule has 5 nitrogen and oxygen atoms in total. The molecular formula is C19H24N2O3. The molecule has 0 saturated carbocycles. The van der Waals surface area contributed by atoms with Crippen molar-refractivity contribution < 1.29 is 14.6 Å². The largest absolute Gasteiger partial charge is 0.473 e. The highest BCUT2D eigenvalue weighted by molar-refractivity contribution is 5.94. The molecule has 2 aromatic rings. The van der Waals surface area contributed by atoms with Crippen LogP contribution in [0.3, 0.4) is 0 Å². The number of benzene rings is 1. The number of nitrogens with one attached hydrogen (secondary N) is 1. The number of aliphatic hydroxyl groups excluding tert-OH is 1. The van der Waals surface area contributed by atoms with Crippen molar-refractivity contribution in [2.24, 2.45) is 5.41 Å². The summed E-state index contributed by atoms with van der Waals surface area (Å²) < 4.78 is 5.64. The van der Waals surface area contributed by atoms with E-state index in [-0.39, 0.29) is 17.9 Å². The summed E-state index contributed by atoms with van der Waals surface area (Å²) >= 11 is 0. The van der Waals surface area contributed by atoms with Crippen LogP contribution < -0.4 is 10.1 Å². The van der Waals surface area contributed by atoms with Gasteiger partial charge in [-0.1, -0.05) is 44.2 Å². The molecule has 24 heavy (non-hydrogen) atoms. The lowest BCUT2D eigenvalue weighted by atomic mass is 9.89. The van der Waals surface area contributed by atoms with Gasteiger partial charge in [0.25, 0.3) is 5.91 Å². The molecule has 0 spiro atoms. The Kier molecular flexibility index (Phi) is 6.32. The van der Waals surface area contributed by atoms with E-state index >= 15 is 0 Å². The molecule has 128 valence electrons. The minimum Gasteiger partial charge on any atom is -0.473 e. The zero-order valence-electron chi connectivity index (χ0n) is 14.2. The Morgan fingerprint density at radius 1 is 1.25 bits per heavy atom. The fourth-order valence-corrected chi connectivity index (χ4v) is 2.17. The first-order chi connectivity index (χ1) is 11.5. The van der Waals surface area contributed by atoms with E-state index in [0.29, 0.717) is 31.0 Å². The fourth-order valence-electron chi connectivity index (χ4n) is 2.17. The monoisotopic (exact) mass is 328 g/mol. The summed E-state index contributed by atoms with van der Waals surface area (Å²) in [5.74, 6) is 0.245. The maximum Gasteiger partial charge on any atom is 0.251 e. The number of ether oxygens (including phenoxy) is 1. The first kappa shape index (κ1) is 17.9. The molecule has 0 saturated heterocycles. The van der Waals surface area contributed by atoms with Gasteiger partial charge in [0.15, 0.2) is 0 Å². The van der Waals surface area contributed by atoms with Gasteiger partial charge >= 0.3 is 0 Å². The predicted molar refractivity (Wildman–Crippen MR) is 92.8 cm³/mol. The first-order valence-corrected chi connectivity index (χ1v) is 8.02. The maximum absolute atomic E-state index is 12.3. The molecule has 0 aliphatic heterocycles. The number of hydrogen-bond donors (Lipinski definition) is 2. The number of aliphatic hydroxyl groups is 1. The fraction of sp³-hybridized carbons (Fsp3) is 0.368. The third kappa shape index (κ3) is 5.66. The summed E-state index contributed by atoms with van der Waals surface area (Å²) in [5, 5.41) is 11.9. The molecule has 1 amide bonds. The van der Waals surface area contributed by atoms with Gasteiger partial charge in [0.05, 0.1) is 0 Å². The summed E-state index contributed by atoms with van der Waals surface area (Å²) in [6.07, 6.45) is 2.20. The maximum atomic E-state index is 12.3. The minimum absolute atomic E-state index is 0.107. The number of rotatable bonds is 8. The van der Waals surface area contributed by atoms with Gasteiger partial charge in [0.2, 0.25) is 5.88 Å². The Hall–Kier alpha value is -2.40. The van der Waals surface area contributed by atoms with Gasteiger partial charge in [-0.2, -0.15) is 0 Å². The molecule has 2 N–H and O–H groups in total. The van der Waals surface area contributed by atoms with Crippen molar-refractivity contribution in [3.05, 3.63) is 59.8 Å². The van der Waals surface area contributed by atoms with Gasteiger partial charge in [-0.25, -0.2) is 4.98 Å². The average Bonchev–Trinajstić information content (AvgIpc) is 2.59. The van der Waals surface area contributed by atoms with Crippen LogP contribution in [0.2, 0.25) is 0 Å². The highest BCUT2D eigenvalue weighted by atomic mass is 16.5. The van der Waals surface area contributed by atoms with E-state index in [1.807, 2.05) is 44.2 Å². The van der Waals surface area contributed by atoms with E-state index in [0.717, 1.165) is 5.56 Å². The SMILES string of the molecule is CC(C)(CCO)CNC(=O)c1ccnc(OCc2ccccc2)c1. The van der Waals surface area contributed by atoms with Crippen LogP contribution in [0.5, 0.6) is 5.88 Å². The van der Waals surface area contributed by atoms with Crippen LogP contribution in [0, 0.1) is 5.41 Å². The lowest BCUT2D eigenvalue weighted by molar-refractivity contribution is 0.0927. The quantitative estimate of drug-likeness (QED) is 0.782. The van der Waals surface area contributed by atoms with Crippen molar-refractivity contribution in [2.75, 3.05) is 13.2 Å². The van der Waals surface area contributed by atoms with Crippen molar-refractivity contribution in [3.63, 3.8) is 0 Å². The number of carbonyl (C=O) groups is 1. The first-order valence-electron chi connectivity index (χ1n) is 8.02. The number of amides is 1. The Balaban J connectivity index is 1.93. The molecule has 5 heteroatoms. The Bertz CT molecular complexity index is 657. The zero-order chi connectivity index (χ0) is 17.4. The summed E-state index contributed by atoms with van der Waals surface area (Å²) in [4.78, 5) is 16.4. The third-order valence-electron chi connectivity index (χ3n) is 3.74. The number of carbonyl (C=O) groups excluding carboxylic acids is 1. The van der Waals surface area contributed by atoms with Gasteiger partial charge in [-0.3, -0.25) is 4.79 Å². The smallest absolute Gasteiger partial charge is 0.251 e. The molecule has 1 aromatic heterocycles. The molecule has 0 aliphatic carbocycles. The number of nitrogens with zero attached hydrogens (tertiary/aromatic N) is 1. The highest BCUT2D eigenvalue weighted by Gasteiger charge is 2.18. The molecule has 1 aromatic carbocycles. The Morgan fingerprint density at radius 2 is 2.00 bits per heavy atom. The van der Waals surface area contributed by atoms with E-state index in [9.17, 15) is 4.79 Å². The molecule has 0 radical (unpaired) electrons. The lowest BCUT2D eigenvalue weighted by Gasteiger charge is -2.23. The van der Waals surface area contributed by atoms with Gasteiger partial charge in [-0.05, 0) is 23.5 Å². The summed E-state index contributed by atoms with van der Waals surface area (Å²) in [7, 11) is 0. The second-order valence-corrected chi connectivity index (χ2v) is 6.48. The third-order valence-corrected chi connectivity index (χ3v) is 3.74. The molecule has 0 atom stereocenters. The molecular weight excluding hydrogens is 304 g/mol. The molecule has 2 rings (SSSR count). The van der Waals surface area contributed by atoms with Gasteiger partial charge in [0.1, 0.15) is 6.61 Å². The lowest BCUT2D eigenvalue weighted by Crippen LogP contribution is -2.34. The Labute approximate surface area is 142 Å². The summed E-state index contributed by atoms with van der Waals surface area (Å²) in [5.41, 5.74) is 1.40. The van der Waals surface area contributed by atoms with E-state index in [2.05, 4.69) is 10.3 Å². The van der Waals surface area contributed by atoms with Crippen LogP contribution in [-0.2, 0) is 6.61 Å². The standard InChI is InChI=1S/C19H24N2O3/c1-19(2,9-11-22)14-21-18(23)16-8-10-20-17(12-16)24-13-15-6-4-3-5-7-15/h3-8,10,12,22H,9,11,13-14H2,1-2H3,(H,21,23). The number of pyridine rings is 1. The van der Waals surface area contributed by atoms with Crippen LogP contribution in [0.15, 0.2) is 48.7 Å². The van der Waals surface area contributed by atoms with Crippen molar-refractivity contribution in [1.29, 1.82) is 0 Å². The number of hydrogen-bond acceptors (Lipinski definition) is 4. The van der Waals surface area contributed by atoms with Crippen LogP contribution in [0.1, 0.15) is 36.2 Å². The van der Waals surface area contributed by atoms with Crippen LogP contribution >= 0.6 is 0 Å². The van der Waals surface area contributed by atoms with E-state index < -0.39 is 0 Å². The van der Waals surface area contributed by atoms with Crippen LogP contribution in [-0.4, -0.2) is 29.1 Å². The highest BCUT2D eigenvalue weighted by Crippen LogP contribution is 2.18. The van der Waals surface area contributed by atoms with E-state index in [4.69, 9.17) is 9.84 Å². The van der Waals surface area contributed by atoms with E-state index in [1.54, 1.807) is 18.3 Å². The van der Waals surface area contributed by atoms with Crippen LogP contribution in [0.25, 0.3) is 0 Å². The van der Waals surface area contributed by atoms with E-state index in [1.165, 1.54) is 0 Å². The summed E-state index contributed by atoms with van der Waals surface area (Å²) in [6, 6.07) is 13.1. The van der Waals surface area contributed by atoms with Gasteiger partial charge < -0.3 is 15.2 Å². The molecule has 0 fully saturated rings. The Morgan fingerprint density at radius 3 is 2.71 bits per heavy atom. The molecule has 0 unspecified atom stereocenters. The average molecular weight is 328 g/mol. The van der Waals surface area contributed by atoms with Crippen LogP contribution in [0.4, 0.5) is 0 Å².